The maximum absolute atomic E-state index is 12.1. The molecule has 0 spiro atoms. The number of carbonyl (C=O) groups is 1. The van der Waals surface area contributed by atoms with Crippen LogP contribution in [0.25, 0.3) is 0 Å². The van der Waals surface area contributed by atoms with E-state index in [-0.39, 0.29) is 16.8 Å². The minimum atomic E-state index is -3.38. The van der Waals surface area contributed by atoms with Crippen molar-refractivity contribution in [1.82, 2.24) is 25.5 Å². The molecular formula is C15H24N6O3S. The smallest absolute Gasteiger partial charge is 0.317 e. The third-order valence-electron chi connectivity index (χ3n) is 4.48. The number of sulfone groups is 1. The summed E-state index contributed by atoms with van der Waals surface area (Å²) in [7, 11) is -3.38. The molecule has 0 bridgehead atoms. The summed E-state index contributed by atoms with van der Waals surface area (Å²) in [4.78, 5) is 22.1. The zero-order chi connectivity index (χ0) is 17.9. The number of hydrogen-bond donors (Lipinski definition) is 3. The number of anilines is 1. The number of nitrogens with zero attached hydrogens (tertiary/aromatic N) is 3. The molecule has 138 valence electrons. The lowest BCUT2D eigenvalue weighted by molar-refractivity contribution is 0.219. The largest absolute Gasteiger partial charge is 0.352 e. The number of hydrogen-bond acceptors (Lipinski definition) is 7. The van der Waals surface area contributed by atoms with Crippen molar-refractivity contribution in [1.29, 1.82) is 0 Å². The third kappa shape index (κ3) is 4.37. The van der Waals surface area contributed by atoms with E-state index in [1.165, 1.54) is 12.5 Å². The molecule has 1 atom stereocenters. The van der Waals surface area contributed by atoms with Crippen LogP contribution in [0.15, 0.2) is 11.1 Å². The van der Waals surface area contributed by atoms with E-state index in [0.717, 1.165) is 19.4 Å². The number of carbonyl (C=O) groups excluding carboxylic acids is 1. The molecule has 2 amide bonds. The fourth-order valence-electron chi connectivity index (χ4n) is 3.16. The zero-order valence-corrected chi connectivity index (χ0v) is 15.1. The minimum absolute atomic E-state index is 0.0615. The van der Waals surface area contributed by atoms with Gasteiger partial charge in [-0.2, -0.15) is 0 Å². The third-order valence-corrected chi connectivity index (χ3v) is 5.59. The van der Waals surface area contributed by atoms with Crippen LogP contribution in [0.1, 0.15) is 24.5 Å². The molecule has 0 unspecified atom stereocenters. The zero-order valence-electron chi connectivity index (χ0n) is 14.3. The Balaban J connectivity index is 1.72. The van der Waals surface area contributed by atoms with E-state index in [9.17, 15) is 13.2 Å². The average Bonchev–Trinajstić information content (AvgIpc) is 3.00. The van der Waals surface area contributed by atoms with Gasteiger partial charge in [-0.05, 0) is 19.4 Å². The highest BCUT2D eigenvalue weighted by Crippen LogP contribution is 2.27. The number of piperidine rings is 1. The van der Waals surface area contributed by atoms with Crippen molar-refractivity contribution in [3.63, 3.8) is 0 Å². The van der Waals surface area contributed by atoms with Crippen molar-refractivity contribution in [2.75, 3.05) is 50.8 Å². The predicted molar refractivity (Wildman–Crippen MR) is 93.4 cm³/mol. The van der Waals surface area contributed by atoms with Gasteiger partial charge >= 0.3 is 6.03 Å². The van der Waals surface area contributed by atoms with Gasteiger partial charge in [-0.15, -0.1) is 0 Å². The highest BCUT2D eigenvalue weighted by Gasteiger charge is 2.25. The van der Waals surface area contributed by atoms with E-state index in [0.29, 0.717) is 44.4 Å². The van der Waals surface area contributed by atoms with E-state index >= 15 is 0 Å². The second-order valence-electron chi connectivity index (χ2n) is 6.40. The molecule has 0 aliphatic carbocycles. The summed E-state index contributed by atoms with van der Waals surface area (Å²) in [5, 5.41) is 9.13. The van der Waals surface area contributed by atoms with Gasteiger partial charge in [-0.1, -0.05) is 0 Å². The normalized spacial score (nSPS) is 21.2. The highest BCUT2D eigenvalue weighted by atomic mass is 32.2. The van der Waals surface area contributed by atoms with Crippen molar-refractivity contribution in [2.45, 2.75) is 23.7 Å². The van der Waals surface area contributed by atoms with E-state index in [1.807, 2.05) is 0 Å². The molecule has 2 fully saturated rings. The lowest BCUT2D eigenvalue weighted by atomic mass is 9.96. The molecule has 3 rings (SSSR count). The highest BCUT2D eigenvalue weighted by molar-refractivity contribution is 7.90. The molecular weight excluding hydrogens is 344 g/mol. The average molecular weight is 368 g/mol. The fourth-order valence-corrected chi connectivity index (χ4v) is 4.00. The first-order valence-corrected chi connectivity index (χ1v) is 10.4. The topological polar surface area (TPSA) is 116 Å². The van der Waals surface area contributed by atoms with Gasteiger partial charge in [0.2, 0.25) is 5.95 Å². The summed E-state index contributed by atoms with van der Waals surface area (Å²) in [6.45, 7) is 4.06. The summed E-state index contributed by atoms with van der Waals surface area (Å²) in [5.41, 5.74) is 0.575. The molecule has 2 aliphatic heterocycles. The number of urea groups is 1. The van der Waals surface area contributed by atoms with Crippen LogP contribution in [0, 0.1) is 0 Å². The first kappa shape index (κ1) is 17.9. The Kier molecular flexibility index (Phi) is 5.38. The van der Waals surface area contributed by atoms with Gasteiger partial charge in [-0.3, -0.25) is 0 Å². The van der Waals surface area contributed by atoms with Gasteiger partial charge in [-0.25, -0.2) is 23.2 Å². The monoisotopic (exact) mass is 368 g/mol. The predicted octanol–water partition coefficient (Wildman–Crippen LogP) is -0.216. The van der Waals surface area contributed by atoms with Crippen LogP contribution in [-0.4, -0.2) is 74.8 Å². The lowest BCUT2D eigenvalue weighted by Gasteiger charge is -2.24. The summed E-state index contributed by atoms with van der Waals surface area (Å²) >= 11 is 0. The molecule has 0 aromatic carbocycles. The Labute approximate surface area is 147 Å². The molecule has 0 radical (unpaired) electrons. The molecule has 1 aromatic heterocycles. The molecule has 3 heterocycles. The van der Waals surface area contributed by atoms with E-state index in [2.05, 4.69) is 25.9 Å². The Morgan fingerprint density at radius 1 is 1.40 bits per heavy atom. The quantitative estimate of drug-likeness (QED) is 0.636. The SMILES string of the molecule is CS(=O)(=O)c1cnc(NCCN2CCNC2=O)nc1[C@@H]1CCCNC1. The Morgan fingerprint density at radius 2 is 2.24 bits per heavy atom. The van der Waals surface area contributed by atoms with E-state index in [1.54, 1.807) is 4.90 Å². The lowest BCUT2D eigenvalue weighted by Crippen LogP contribution is -2.33. The molecule has 0 saturated carbocycles. The van der Waals surface area contributed by atoms with Crippen LogP contribution in [0.4, 0.5) is 10.7 Å². The summed E-state index contributed by atoms with van der Waals surface area (Å²) < 4.78 is 24.1. The van der Waals surface area contributed by atoms with Crippen LogP contribution in [-0.2, 0) is 9.84 Å². The van der Waals surface area contributed by atoms with Gasteiger partial charge in [0.1, 0.15) is 4.90 Å². The van der Waals surface area contributed by atoms with Gasteiger partial charge in [0, 0.05) is 44.9 Å². The number of amides is 2. The van der Waals surface area contributed by atoms with Crippen LogP contribution in [0.2, 0.25) is 0 Å². The number of rotatable bonds is 6. The van der Waals surface area contributed by atoms with E-state index in [4.69, 9.17) is 0 Å². The molecule has 2 saturated heterocycles. The molecule has 9 nitrogen and oxygen atoms in total. The molecule has 2 aliphatic rings. The fraction of sp³-hybridized carbons (Fsp3) is 0.667. The molecule has 25 heavy (non-hydrogen) atoms. The van der Waals surface area contributed by atoms with Gasteiger partial charge in [0.05, 0.1) is 11.9 Å². The van der Waals surface area contributed by atoms with E-state index < -0.39 is 9.84 Å². The summed E-state index contributed by atoms with van der Waals surface area (Å²) in [6, 6.07) is -0.0656. The van der Waals surface area contributed by atoms with Crippen LogP contribution in [0.5, 0.6) is 0 Å². The Hall–Kier alpha value is -1.94. The Morgan fingerprint density at radius 3 is 2.88 bits per heavy atom. The first-order valence-electron chi connectivity index (χ1n) is 8.49. The second-order valence-corrected chi connectivity index (χ2v) is 8.39. The standard InChI is InChI=1S/C15H24N6O3S/c1-25(23,24)12-10-19-14(17-5-7-21-8-6-18-15(21)22)20-13(12)11-3-2-4-16-9-11/h10-11,16H,2-9H2,1H3,(H,18,22)(H,17,19,20)/t11-/m1/s1. The second kappa shape index (κ2) is 7.52. The van der Waals surface area contributed by atoms with Gasteiger partial charge in [0.25, 0.3) is 0 Å². The molecule has 3 N–H and O–H groups in total. The van der Waals surface area contributed by atoms with Crippen molar-refractivity contribution in [3.8, 4) is 0 Å². The van der Waals surface area contributed by atoms with Crippen LogP contribution in [0.3, 0.4) is 0 Å². The molecule has 10 heteroatoms. The Bertz CT molecular complexity index is 733. The van der Waals surface area contributed by atoms with Crippen molar-refractivity contribution < 1.29 is 13.2 Å². The van der Waals surface area contributed by atoms with Crippen molar-refractivity contribution in [3.05, 3.63) is 11.9 Å². The number of aromatic nitrogens is 2. The molecule has 1 aromatic rings. The van der Waals surface area contributed by atoms with Gasteiger partial charge in [0.15, 0.2) is 9.84 Å². The maximum atomic E-state index is 12.1. The van der Waals surface area contributed by atoms with Crippen molar-refractivity contribution in [2.24, 2.45) is 0 Å². The first-order chi connectivity index (χ1) is 11.9. The summed E-state index contributed by atoms with van der Waals surface area (Å²) in [5.74, 6) is 0.457. The van der Waals surface area contributed by atoms with Crippen LogP contribution >= 0.6 is 0 Å². The maximum Gasteiger partial charge on any atom is 0.317 e. The van der Waals surface area contributed by atoms with Crippen molar-refractivity contribution >= 4 is 21.8 Å². The minimum Gasteiger partial charge on any atom is -0.352 e. The number of nitrogens with one attached hydrogen (secondary N) is 3. The van der Waals surface area contributed by atoms with Crippen LogP contribution < -0.4 is 16.0 Å². The van der Waals surface area contributed by atoms with Gasteiger partial charge < -0.3 is 20.9 Å². The summed E-state index contributed by atoms with van der Waals surface area (Å²) in [6.07, 6.45) is 4.46.